The Bertz CT molecular complexity index is 582. The van der Waals surface area contributed by atoms with Crippen molar-refractivity contribution in [2.24, 2.45) is 0 Å². The number of nitrogens with one attached hydrogen (secondary N) is 1. The largest absolute Gasteiger partial charge is 0.497 e. The zero-order valence-electron chi connectivity index (χ0n) is 11.3. The number of urea groups is 1. The summed E-state index contributed by atoms with van der Waals surface area (Å²) in [7, 11) is 3.30. The summed E-state index contributed by atoms with van der Waals surface area (Å²) in [5.41, 5.74) is 1.47. The molecule has 2 rings (SSSR count). The van der Waals surface area contributed by atoms with Gasteiger partial charge in [0.15, 0.2) is 0 Å². The maximum Gasteiger partial charge on any atom is 0.326 e. The first-order chi connectivity index (χ1) is 9.60. The van der Waals surface area contributed by atoms with Crippen LogP contribution in [0.15, 0.2) is 48.5 Å². The molecule has 0 atom stereocenters. The lowest BCUT2D eigenvalue weighted by molar-refractivity contribution is 0.258. The second kappa shape index (κ2) is 6.30. The van der Waals surface area contributed by atoms with Gasteiger partial charge in [-0.1, -0.05) is 11.6 Å². The molecule has 0 aliphatic rings. The van der Waals surface area contributed by atoms with E-state index in [-0.39, 0.29) is 6.03 Å². The number of nitrogens with zero attached hydrogens (tertiary/aromatic N) is 1. The third-order valence-corrected chi connectivity index (χ3v) is 3.11. The normalized spacial score (nSPS) is 9.95. The fourth-order valence-electron chi connectivity index (χ4n) is 1.66. The van der Waals surface area contributed by atoms with Gasteiger partial charge in [-0.15, -0.1) is 0 Å². The molecule has 20 heavy (non-hydrogen) atoms. The highest BCUT2D eigenvalue weighted by atomic mass is 35.5. The number of hydrogen-bond acceptors (Lipinski definition) is 2. The van der Waals surface area contributed by atoms with Gasteiger partial charge in [-0.3, -0.25) is 4.90 Å². The standard InChI is InChI=1S/C15H15ClN2O2/c1-18(13-7-9-14(20-2)10-8-13)15(19)17-12-5-3-11(16)4-6-12/h3-10H,1-2H3,(H,17,19). The van der Waals surface area contributed by atoms with Crippen LogP contribution in [-0.2, 0) is 0 Å². The van der Waals surface area contributed by atoms with Crippen LogP contribution in [0.2, 0.25) is 5.02 Å². The van der Waals surface area contributed by atoms with E-state index in [1.54, 1.807) is 50.6 Å². The fraction of sp³-hybridized carbons (Fsp3) is 0.133. The van der Waals surface area contributed by atoms with E-state index in [2.05, 4.69) is 5.32 Å². The van der Waals surface area contributed by atoms with Crippen LogP contribution in [0.4, 0.5) is 16.2 Å². The monoisotopic (exact) mass is 290 g/mol. The zero-order valence-corrected chi connectivity index (χ0v) is 12.0. The van der Waals surface area contributed by atoms with E-state index in [1.807, 2.05) is 12.1 Å². The van der Waals surface area contributed by atoms with E-state index in [4.69, 9.17) is 16.3 Å². The maximum absolute atomic E-state index is 12.1. The molecule has 0 fully saturated rings. The first-order valence-electron chi connectivity index (χ1n) is 6.04. The molecular formula is C15H15ClN2O2. The first-order valence-corrected chi connectivity index (χ1v) is 6.42. The highest BCUT2D eigenvalue weighted by molar-refractivity contribution is 6.30. The Balaban J connectivity index is 2.05. The number of carbonyl (C=O) groups excluding carboxylic acids is 1. The average Bonchev–Trinajstić information content (AvgIpc) is 2.49. The summed E-state index contributed by atoms with van der Waals surface area (Å²) in [6.45, 7) is 0. The molecule has 0 aromatic heterocycles. The highest BCUT2D eigenvalue weighted by Gasteiger charge is 2.10. The lowest BCUT2D eigenvalue weighted by Crippen LogP contribution is -2.31. The van der Waals surface area contributed by atoms with Crippen LogP contribution in [-0.4, -0.2) is 20.2 Å². The van der Waals surface area contributed by atoms with Crippen molar-refractivity contribution in [1.29, 1.82) is 0 Å². The van der Waals surface area contributed by atoms with Gasteiger partial charge in [0.1, 0.15) is 5.75 Å². The molecule has 2 amide bonds. The van der Waals surface area contributed by atoms with Crippen molar-refractivity contribution >= 4 is 29.0 Å². The average molecular weight is 291 g/mol. The van der Waals surface area contributed by atoms with Gasteiger partial charge in [-0.2, -0.15) is 0 Å². The summed E-state index contributed by atoms with van der Waals surface area (Å²) in [5, 5.41) is 3.42. The highest BCUT2D eigenvalue weighted by Crippen LogP contribution is 2.19. The molecule has 104 valence electrons. The van der Waals surface area contributed by atoms with Gasteiger partial charge in [0.25, 0.3) is 0 Å². The molecule has 0 saturated heterocycles. The summed E-state index contributed by atoms with van der Waals surface area (Å²) < 4.78 is 5.08. The Kier molecular flexibility index (Phi) is 4.48. The Morgan fingerprint density at radius 1 is 1.10 bits per heavy atom. The third kappa shape index (κ3) is 3.42. The number of benzene rings is 2. The summed E-state index contributed by atoms with van der Waals surface area (Å²) in [4.78, 5) is 13.6. The molecule has 0 aliphatic heterocycles. The first kappa shape index (κ1) is 14.2. The number of hydrogen-bond donors (Lipinski definition) is 1. The van der Waals surface area contributed by atoms with E-state index < -0.39 is 0 Å². The third-order valence-electron chi connectivity index (χ3n) is 2.86. The number of amides is 2. The van der Waals surface area contributed by atoms with Crippen molar-refractivity contribution in [2.75, 3.05) is 24.4 Å². The molecule has 2 aromatic rings. The Labute approximate surface area is 122 Å². The molecular weight excluding hydrogens is 276 g/mol. The van der Waals surface area contributed by atoms with E-state index in [1.165, 1.54) is 4.90 Å². The molecule has 0 spiro atoms. The number of anilines is 2. The SMILES string of the molecule is COc1ccc(N(C)C(=O)Nc2ccc(Cl)cc2)cc1. The molecule has 5 heteroatoms. The van der Waals surface area contributed by atoms with Gasteiger partial charge >= 0.3 is 6.03 Å². The molecule has 0 radical (unpaired) electrons. The Morgan fingerprint density at radius 3 is 2.25 bits per heavy atom. The lowest BCUT2D eigenvalue weighted by atomic mass is 10.3. The topological polar surface area (TPSA) is 41.6 Å². The molecule has 0 saturated carbocycles. The van der Waals surface area contributed by atoms with Gasteiger partial charge < -0.3 is 10.1 Å². The van der Waals surface area contributed by atoms with Crippen LogP contribution >= 0.6 is 11.6 Å². The summed E-state index contributed by atoms with van der Waals surface area (Å²) in [6, 6.07) is 14.0. The molecule has 0 bridgehead atoms. The smallest absolute Gasteiger partial charge is 0.326 e. The molecule has 0 aliphatic carbocycles. The summed E-state index contributed by atoms with van der Waals surface area (Å²) in [5.74, 6) is 0.750. The predicted octanol–water partition coefficient (Wildman–Crippen LogP) is 4.02. The van der Waals surface area contributed by atoms with Crippen molar-refractivity contribution in [3.05, 3.63) is 53.6 Å². The molecule has 1 N–H and O–H groups in total. The van der Waals surface area contributed by atoms with E-state index in [0.29, 0.717) is 10.7 Å². The van der Waals surface area contributed by atoms with Crippen molar-refractivity contribution in [2.45, 2.75) is 0 Å². The minimum absolute atomic E-state index is 0.225. The molecule has 0 unspecified atom stereocenters. The van der Waals surface area contributed by atoms with Crippen LogP contribution in [0.3, 0.4) is 0 Å². The molecule has 4 nitrogen and oxygen atoms in total. The number of ether oxygens (including phenoxy) is 1. The fourth-order valence-corrected chi connectivity index (χ4v) is 1.79. The van der Waals surface area contributed by atoms with Crippen molar-refractivity contribution < 1.29 is 9.53 Å². The summed E-state index contributed by atoms with van der Waals surface area (Å²) in [6.07, 6.45) is 0. The quantitative estimate of drug-likeness (QED) is 0.928. The van der Waals surface area contributed by atoms with Gasteiger partial charge in [0, 0.05) is 23.4 Å². The Morgan fingerprint density at radius 2 is 1.70 bits per heavy atom. The van der Waals surface area contributed by atoms with E-state index >= 15 is 0 Å². The van der Waals surface area contributed by atoms with Gasteiger partial charge in [0.2, 0.25) is 0 Å². The number of methoxy groups -OCH3 is 1. The lowest BCUT2D eigenvalue weighted by Gasteiger charge is -2.18. The van der Waals surface area contributed by atoms with Crippen LogP contribution in [0.25, 0.3) is 0 Å². The van der Waals surface area contributed by atoms with Crippen molar-refractivity contribution in [3.63, 3.8) is 0 Å². The van der Waals surface area contributed by atoms with E-state index in [9.17, 15) is 4.79 Å². The van der Waals surface area contributed by atoms with Crippen LogP contribution in [0.5, 0.6) is 5.75 Å². The van der Waals surface area contributed by atoms with E-state index in [0.717, 1.165) is 11.4 Å². The minimum atomic E-state index is -0.225. The van der Waals surface area contributed by atoms with Gasteiger partial charge in [-0.05, 0) is 48.5 Å². The van der Waals surface area contributed by atoms with Crippen LogP contribution in [0, 0.1) is 0 Å². The second-order valence-corrected chi connectivity index (χ2v) is 4.63. The van der Waals surface area contributed by atoms with Crippen LogP contribution in [0.1, 0.15) is 0 Å². The van der Waals surface area contributed by atoms with Gasteiger partial charge in [0.05, 0.1) is 7.11 Å². The second-order valence-electron chi connectivity index (χ2n) is 4.19. The number of halogens is 1. The van der Waals surface area contributed by atoms with Gasteiger partial charge in [-0.25, -0.2) is 4.79 Å². The van der Waals surface area contributed by atoms with Crippen LogP contribution < -0.4 is 15.0 Å². The summed E-state index contributed by atoms with van der Waals surface area (Å²) >= 11 is 5.80. The predicted molar refractivity (Wildman–Crippen MR) is 81.9 cm³/mol. The van der Waals surface area contributed by atoms with Crippen molar-refractivity contribution in [1.82, 2.24) is 0 Å². The number of rotatable bonds is 3. The minimum Gasteiger partial charge on any atom is -0.497 e. The zero-order chi connectivity index (χ0) is 14.5. The Hall–Kier alpha value is -2.20. The molecule has 0 heterocycles. The van der Waals surface area contributed by atoms with Crippen molar-refractivity contribution in [3.8, 4) is 5.75 Å². The maximum atomic E-state index is 12.1. The molecule has 2 aromatic carbocycles. The number of carbonyl (C=O) groups is 1.